The summed E-state index contributed by atoms with van der Waals surface area (Å²) in [5, 5.41) is 16.7. The van der Waals surface area contributed by atoms with Gasteiger partial charge in [0.1, 0.15) is 5.69 Å². The maximum absolute atomic E-state index is 12.2. The third-order valence-electron chi connectivity index (χ3n) is 3.93. The summed E-state index contributed by atoms with van der Waals surface area (Å²) in [6.07, 6.45) is 2.91. The minimum absolute atomic E-state index is 0.0999. The number of aromatic nitrogens is 1. The van der Waals surface area contributed by atoms with Gasteiger partial charge in [0.15, 0.2) is 0 Å². The van der Waals surface area contributed by atoms with Crippen molar-refractivity contribution < 1.29 is 14.5 Å². The lowest BCUT2D eigenvalue weighted by atomic mass is 9.84. The molecule has 0 bridgehead atoms. The second-order valence-electron chi connectivity index (χ2n) is 6.48. The van der Waals surface area contributed by atoms with Crippen LogP contribution in [0.3, 0.4) is 0 Å². The number of hydrogen-bond donors (Lipinski definition) is 2. The van der Waals surface area contributed by atoms with Gasteiger partial charge in [-0.15, -0.1) is 0 Å². The summed E-state index contributed by atoms with van der Waals surface area (Å²) < 4.78 is 0. The largest absolute Gasteiger partial charge is 0.355 e. The molecule has 0 atom stereocenters. The van der Waals surface area contributed by atoms with E-state index in [2.05, 4.69) is 15.6 Å². The predicted octanol–water partition coefficient (Wildman–Crippen LogP) is 2.66. The van der Waals surface area contributed by atoms with Gasteiger partial charge in [-0.05, 0) is 23.8 Å². The van der Waals surface area contributed by atoms with Crippen LogP contribution in [0.1, 0.15) is 36.7 Å². The van der Waals surface area contributed by atoms with Crippen LogP contribution >= 0.6 is 0 Å². The minimum atomic E-state index is -0.545. The smallest absolute Gasteiger partial charge is 0.293 e. The Hall–Kier alpha value is -3.29. The molecule has 1 heterocycles. The summed E-state index contributed by atoms with van der Waals surface area (Å²) in [5.74, 6) is -0.653. The Morgan fingerprint density at radius 1 is 1.27 bits per heavy atom. The second kappa shape index (κ2) is 7.73. The van der Waals surface area contributed by atoms with E-state index in [1.165, 1.54) is 31.5 Å². The van der Waals surface area contributed by atoms with Crippen molar-refractivity contribution in [3.63, 3.8) is 0 Å². The molecule has 2 amide bonds. The van der Waals surface area contributed by atoms with E-state index >= 15 is 0 Å². The highest BCUT2D eigenvalue weighted by Crippen LogP contribution is 2.31. The van der Waals surface area contributed by atoms with Crippen LogP contribution in [0.15, 0.2) is 42.7 Å². The number of amides is 2. The summed E-state index contributed by atoms with van der Waals surface area (Å²) in [6.45, 7) is 5.49. The summed E-state index contributed by atoms with van der Waals surface area (Å²) in [7, 11) is 0. The van der Waals surface area contributed by atoms with E-state index in [4.69, 9.17) is 0 Å². The molecule has 2 aromatic rings. The highest BCUT2D eigenvalue weighted by molar-refractivity contribution is 6.05. The average Bonchev–Trinajstić information content (AvgIpc) is 2.60. The Morgan fingerprint density at radius 2 is 2.00 bits per heavy atom. The van der Waals surface area contributed by atoms with Crippen LogP contribution in [0.2, 0.25) is 0 Å². The van der Waals surface area contributed by atoms with E-state index in [1.807, 2.05) is 13.8 Å². The number of nitro groups is 1. The second-order valence-corrected chi connectivity index (χ2v) is 6.48. The van der Waals surface area contributed by atoms with E-state index < -0.39 is 16.2 Å². The number of pyridine rings is 1. The van der Waals surface area contributed by atoms with Crippen molar-refractivity contribution >= 4 is 23.2 Å². The van der Waals surface area contributed by atoms with Crippen LogP contribution in [0, 0.1) is 10.1 Å². The number of nitrogens with one attached hydrogen (secondary N) is 2. The van der Waals surface area contributed by atoms with Crippen LogP contribution in [0.5, 0.6) is 0 Å². The first-order valence-electron chi connectivity index (χ1n) is 7.95. The zero-order valence-electron chi connectivity index (χ0n) is 14.8. The lowest BCUT2D eigenvalue weighted by Gasteiger charge is -2.25. The maximum atomic E-state index is 12.2. The molecule has 1 aromatic heterocycles. The Labute approximate surface area is 150 Å². The molecule has 0 fully saturated rings. The Kier molecular flexibility index (Phi) is 5.66. The zero-order chi connectivity index (χ0) is 19.3. The fraction of sp³-hybridized carbons (Fsp3) is 0.278. The van der Waals surface area contributed by atoms with Crippen LogP contribution in [-0.4, -0.2) is 28.3 Å². The first-order chi connectivity index (χ1) is 12.2. The van der Waals surface area contributed by atoms with Crippen LogP contribution in [0.4, 0.5) is 11.4 Å². The highest BCUT2D eigenvalue weighted by atomic mass is 16.6. The Bertz CT molecular complexity index is 834. The number of hydrogen-bond acceptors (Lipinski definition) is 5. The molecule has 0 spiro atoms. The lowest BCUT2D eigenvalue weighted by molar-refractivity contribution is -0.384. The van der Waals surface area contributed by atoms with E-state index in [0.717, 1.165) is 0 Å². The van der Waals surface area contributed by atoms with Gasteiger partial charge in [0.2, 0.25) is 5.91 Å². The number of nitrogens with zero attached hydrogens (tertiary/aromatic N) is 2. The Morgan fingerprint density at radius 3 is 2.58 bits per heavy atom. The fourth-order valence-corrected chi connectivity index (χ4v) is 2.35. The van der Waals surface area contributed by atoms with Gasteiger partial charge < -0.3 is 10.6 Å². The highest BCUT2D eigenvalue weighted by Gasteiger charge is 2.25. The van der Waals surface area contributed by atoms with Crippen LogP contribution in [-0.2, 0) is 10.2 Å². The molecule has 0 saturated carbocycles. The summed E-state index contributed by atoms with van der Waals surface area (Å²) in [4.78, 5) is 38.1. The third kappa shape index (κ3) is 4.62. The molecule has 0 unspecified atom stereocenters. The molecule has 26 heavy (non-hydrogen) atoms. The number of anilines is 1. The number of nitro benzene ring substituents is 1. The molecule has 2 rings (SSSR count). The summed E-state index contributed by atoms with van der Waals surface area (Å²) in [6, 6.07) is 7.79. The SMILES string of the molecule is CC(=O)NCC(C)(C)c1ccc(NC(=O)c2cccnc2)c([N+](=O)[O-])c1. The minimum Gasteiger partial charge on any atom is -0.355 e. The normalized spacial score (nSPS) is 10.9. The average molecular weight is 356 g/mol. The molecule has 8 heteroatoms. The zero-order valence-corrected chi connectivity index (χ0v) is 14.8. The molecule has 0 radical (unpaired) electrons. The van der Waals surface area contributed by atoms with Gasteiger partial charge >= 0.3 is 0 Å². The van der Waals surface area contributed by atoms with Gasteiger partial charge in [-0.2, -0.15) is 0 Å². The van der Waals surface area contributed by atoms with E-state index in [-0.39, 0.29) is 17.3 Å². The van der Waals surface area contributed by atoms with Gasteiger partial charge in [-0.1, -0.05) is 19.9 Å². The van der Waals surface area contributed by atoms with Crippen molar-refractivity contribution in [1.29, 1.82) is 0 Å². The van der Waals surface area contributed by atoms with Crippen molar-refractivity contribution in [1.82, 2.24) is 10.3 Å². The van der Waals surface area contributed by atoms with Crippen LogP contribution in [0.25, 0.3) is 0 Å². The number of rotatable bonds is 6. The van der Waals surface area contributed by atoms with Crippen molar-refractivity contribution in [3.05, 3.63) is 64.0 Å². The van der Waals surface area contributed by atoms with E-state index in [9.17, 15) is 19.7 Å². The Balaban J connectivity index is 2.30. The topological polar surface area (TPSA) is 114 Å². The van der Waals surface area contributed by atoms with Gasteiger partial charge in [-0.3, -0.25) is 24.7 Å². The monoisotopic (exact) mass is 356 g/mol. The standard InChI is InChI=1S/C18H20N4O4/c1-12(23)20-11-18(2,3)14-6-7-15(16(9-14)22(25)26)21-17(24)13-5-4-8-19-10-13/h4-10H,11H2,1-3H3,(H,20,23)(H,21,24). The first-order valence-corrected chi connectivity index (χ1v) is 7.95. The predicted molar refractivity (Wildman–Crippen MR) is 97.0 cm³/mol. The molecule has 1 aromatic carbocycles. The van der Waals surface area contributed by atoms with E-state index in [0.29, 0.717) is 17.7 Å². The number of benzene rings is 1. The van der Waals surface area contributed by atoms with Crippen molar-refractivity contribution in [2.45, 2.75) is 26.2 Å². The molecule has 0 saturated heterocycles. The molecular formula is C18H20N4O4. The number of carbonyl (C=O) groups excluding carboxylic acids is 2. The molecule has 136 valence electrons. The van der Waals surface area contributed by atoms with E-state index in [1.54, 1.807) is 18.2 Å². The number of carbonyl (C=O) groups is 2. The first kappa shape index (κ1) is 19.0. The van der Waals surface area contributed by atoms with Crippen molar-refractivity contribution in [2.24, 2.45) is 0 Å². The maximum Gasteiger partial charge on any atom is 0.293 e. The van der Waals surface area contributed by atoms with Crippen molar-refractivity contribution in [3.8, 4) is 0 Å². The van der Waals surface area contributed by atoms with Gasteiger partial charge in [0.05, 0.1) is 10.5 Å². The van der Waals surface area contributed by atoms with Crippen molar-refractivity contribution in [2.75, 3.05) is 11.9 Å². The quantitative estimate of drug-likeness (QED) is 0.610. The van der Waals surface area contributed by atoms with Gasteiger partial charge in [0.25, 0.3) is 11.6 Å². The third-order valence-corrected chi connectivity index (χ3v) is 3.93. The molecule has 0 aliphatic heterocycles. The summed E-state index contributed by atoms with van der Waals surface area (Å²) in [5.41, 5.74) is 0.357. The molecule has 2 N–H and O–H groups in total. The molecule has 0 aliphatic carbocycles. The summed E-state index contributed by atoms with van der Waals surface area (Å²) >= 11 is 0. The molecular weight excluding hydrogens is 336 g/mol. The lowest BCUT2D eigenvalue weighted by Crippen LogP contribution is -2.35. The van der Waals surface area contributed by atoms with Gasteiger partial charge in [-0.25, -0.2) is 0 Å². The fourth-order valence-electron chi connectivity index (χ4n) is 2.35. The van der Waals surface area contributed by atoms with Gasteiger partial charge in [0, 0.05) is 37.3 Å². The molecule has 0 aliphatic rings. The van der Waals surface area contributed by atoms with Crippen LogP contribution < -0.4 is 10.6 Å². The molecule has 8 nitrogen and oxygen atoms in total.